The molecule has 0 heterocycles. The molecule has 0 aromatic heterocycles. The summed E-state index contributed by atoms with van der Waals surface area (Å²) < 4.78 is 0. The number of thioether (sulfide) groups is 2. The van der Waals surface area contributed by atoms with Crippen LogP contribution in [0.4, 0.5) is 0 Å². The topological polar surface area (TPSA) is 55.1 Å². The van der Waals surface area contributed by atoms with E-state index < -0.39 is 0 Å². The lowest BCUT2D eigenvalue weighted by atomic mass is 10.2. The maximum absolute atomic E-state index is 11.7. The van der Waals surface area contributed by atoms with Gasteiger partial charge in [-0.3, -0.25) is 4.79 Å². The molecule has 19 heavy (non-hydrogen) atoms. The molecule has 0 saturated carbocycles. The van der Waals surface area contributed by atoms with Gasteiger partial charge in [0.25, 0.3) is 0 Å². The molecule has 106 valence electrons. The average Bonchev–Trinajstić information content (AvgIpc) is 2.42. The predicted molar refractivity (Wildman–Crippen MR) is 85.9 cm³/mol. The second-order valence-electron chi connectivity index (χ2n) is 4.34. The predicted octanol–water partition coefficient (Wildman–Crippen LogP) is 2.28. The molecule has 1 atom stereocenters. The molecule has 5 heteroatoms. The van der Waals surface area contributed by atoms with Gasteiger partial charge in [-0.05, 0) is 37.5 Å². The quantitative estimate of drug-likeness (QED) is 0.571. The Kier molecular flexibility index (Phi) is 8.02. The lowest BCUT2D eigenvalue weighted by molar-refractivity contribution is -0.122. The van der Waals surface area contributed by atoms with Crippen LogP contribution in [0.2, 0.25) is 0 Å². The summed E-state index contributed by atoms with van der Waals surface area (Å²) in [6.45, 7) is 2.73. The molecule has 0 bridgehead atoms. The highest BCUT2D eigenvalue weighted by molar-refractivity contribution is 7.99. The molecule has 1 aromatic rings. The van der Waals surface area contributed by atoms with E-state index in [0.29, 0.717) is 6.54 Å². The molecule has 0 aliphatic heterocycles. The minimum absolute atomic E-state index is 0.0430. The molecule has 3 N–H and O–H groups in total. The maximum atomic E-state index is 11.7. The van der Waals surface area contributed by atoms with Gasteiger partial charge in [0.05, 0.1) is 6.04 Å². The molecule has 3 nitrogen and oxygen atoms in total. The van der Waals surface area contributed by atoms with Crippen LogP contribution in [0.25, 0.3) is 0 Å². The molecule has 0 saturated heterocycles. The highest BCUT2D eigenvalue weighted by atomic mass is 32.2. The first-order valence-electron chi connectivity index (χ1n) is 6.35. The molecule has 1 aromatic carbocycles. The van der Waals surface area contributed by atoms with Crippen molar-refractivity contribution in [2.75, 3.05) is 24.3 Å². The number of hydrogen-bond acceptors (Lipinski definition) is 4. The van der Waals surface area contributed by atoms with Crippen LogP contribution in [0.5, 0.6) is 0 Å². The van der Waals surface area contributed by atoms with E-state index in [1.54, 1.807) is 23.5 Å². The Morgan fingerprint density at radius 1 is 1.32 bits per heavy atom. The summed E-state index contributed by atoms with van der Waals surface area (Å²) >= 11 is 3.45. The SMILES string of the molecule is CSCCC(N)C(=O)NCCSc1ccc(C)cc1. The number of benzene rings is 1. The second-order valence-corrected chi connectivity index (χ2v) is 6.49. The van der Waals surface area contributed by atoms with E-state index in [4.69, 9.17) is 5.73 Å². The third kappa shape index (κ3) is 6.89. The summed E-state index contributed by atoms with van der Waals surface area (Å²) in [6, 6.07) is 8.02. The number of aryl methyl sites for hydroxylation is 1. The van der Waals surface area contributed by atoms with Crippen molar-refractivity contribution in [3.8, 4) is 0 Å². The maximum Gasteiger partial charge on any atom is 0.236 e. The van der Waals surface area contributed by atoms with Crippen molar-refractivity contribution in [1.82, 2.24) is 5.32 Å². The van der Waals surface area contributed by atoms with Gasteiger partial charge in [-0.2, -0.15) is 11.8 Å². The fraction of sp³-hybridized carbons (Fsp3) is 0.500. The second kappa shape index (κ2) is 9.28. The average molecular weight is 298 g/mol. The summed E-state index contributed by atoms with van der Waals surface area (Å²) in [5, 5.41) is 2.88. The number of nitrogens with one attached hydrogen (secondary N) is 1. The van der Waals surface area contributed by atoms with E-state index in [2.05, 4.69) is 36.5 Å². The van der Waals surface area contributed by atoms with Crippen LogP contribution in [-0.4, -0.2) is 36.3 Å². The first-order chi connectivity index (χ1) is 9.13. The zero-order chi connectivity index (χ0) is 14.1. The monoisotopic (exact) mass is 298 g/mol. The van der Waals surface area contributed by atoms with Gasteiger partial charge in [0.15, 0.2) is 0 Å². The highest BCUT2D eigenvalue weighted by Crippen LogP contribution is 2.17. The first-order valence-corrected chi connectivity index (χ1v) is 8.73. The van der Waals surface area contributed by atoms with Gasteiger partial charge in [0.2, 0.25) is 5.91 Å². The van der Waals surface area contributed by atoms with E-state index in [9.17, 15) is 4.79 Å². The van der Waals surface area contributed by atoms with Gasteiger partial charge in [-0.15, -0.1) is 11.8 Å². The molecule has 0 fully saturated rings. The van der Waals surface area contributed by atoms with Crippen LogP contribution >= 0.6 is 23.5 Å². The lowest BCUT2D eigenvalue weighted by Gasteiger charge is -2.11. The third-order valence-electron chi connectivity index (χ3n) is 2.66. The minimum atomic E-state index is -0.378. The summed E-state index contributed by atoms with van der Waals surface area (Å²) in [5.74, 6) is 1.75. The fourth-order valence-corrected chi connectivity index (χ4v) is 2.74. The van der Waals surface area contributed by atoms with Crippen LogP contribution in [-0.2, 0) is 4.79 Å². The number of carbonyl (C=O) groups is 1. The largest absolute Gasteiger partial charge is 0.354 e. The van der Waals surface area contributed by atoms with Gasteiger partial charge in [0.1, 0.15) is 0 Å². The van der Waals surface area contributed by atoms with E-state index in [-0.39, 0.29) is 11.9 Å². The number of hydrogen-bond donors (Lipinski definition) is 2. The molecule has 0 spiro atoms. The van der Waals surface area contributed by atoms with Crippen molar-refractivity contribution in [1.29, 1.82) is 0 Å². The van der Waals surface area contributed by atoms with Gasteiger partial charge >= 0.3 is 0 Å². The molecular weight excluding hydrogens is 276 g/mol. The molecule has 0 aliphatic rings. The van der Waals surface area contributed by atoms with Crippen LogP contribution < -0.4 is 11.1 Å². The Hall–Kier alpha value is -0.650. The zero-order valence-electron chi connectivity index (χ0n) is 11.5. The van der Waals surface area contributed by atoms with Crippen molar-refractivity contribution in [2.24, 2.45) is 5.73 Å². The van der Waals surface area contributed by atoms with Gasteiger partial charge in [-0.1, -0.05) is 17.7 Å². The van der Waals surface area contributed by atoms with Crippen LogP contribution in [0.3, 0.4) is 0 Å². The van der Waals surface area contributed by atoms with Crippen LogP contribution in [0.15, 0.2) is 29.2 Å². The van der Waals surface area contributed by atoms with E-state index >= 15 is 0 Å². The summed E-state index contributed by atoms with van der Waals surface area (Å²) in [6.07, 6.45) is 2.75. The lowest BCUT2D eigenvalue weighted by Crippen LogP contribution is -2.41. The minimum Gasteiger partial charge on any atom is -0.354 e. The highest BCUT2D eigenvalue weighted by Gasteiger charge is 2.11. The number of carbonyl (C=O) groups excluding carboxylic acids is 1. The van der Waals surface area contributed by atoms with Crippen molar-refractivity contribution in [3.63, 3.8) is 0 Å². The third-order valence-corrected chi connectivity index (χ3v) is 4.32. The van der Waals surface area contributed by atoms with Crippen LogP contribution in [0, 0.1) is 6.92 Å². The Morgan fingerprint density at radius 2 is 2.00 bits per heavy atom. The number of nitrogens with two attached hydrogens (primary N) is 1. The summed E-state index contributed by atoms with van der Waals surface area (Å²) in [4.78, 5) is 12.9. The van der Waals surface area contributed by atoms with E-state index in [1.807, 2.05) is 6.26 Å². The van der Waals surface area contributed by atoms with Gasteiger partial charge in [0, 0.05) is 17.2 Å². The number of amides is 1. The first kappa shape index (κ1) is 16.4. The summed E-state index contributed by atoms with van der Waals surface area (Å²) in [7, 11) is 0. The fourth-order valence-electron chi connectivity index (χ4n) is 1.48. The van der Waals surface area contributed by atoms with Crippen molar-refractivity contribution >= 4 is 29.4 Å². The van der Waals surface area contributed by atoms with E-state index in [1.165, 1.54) is 10.5 Å². The molecule has 0 aliphatic carbocycles. The van der Waals surface area contributed by atoms with E-state index in [0.717, 1.165) is 17.9 Å². The van der Waals surface area contributed by atoms with Crippen molar-refractivity contribution in [3.05, 3.63) is 29.8 Å². The smallest absolute Gasteiger partial charge is 0.236 e. The molecule has 1 rings (SSSR count). The summed E-state index contributed by atoms with van der Waals surface area (Å²) in [5.41, 5.74) is 7.04. The Bertz CT molecular complexity index is 382. The van der Waals surface area contributed by atoms with Gasteiger partial charge in [-0.25, -0.2) is 0 Å². The number of rotatable bonds is 8. The standard InChI is InChI=1S/C14H22N2OS2/c1-11-3-5-12(6-4-11)19-10-8-16-14(17)13(15)7-9-18-2/h3-6,13H,7-10,15H2,1-2H3,(H,16,17). The normalized spacial score (nSPS) is 12.2. The Morgan fingerprint density at radius 3 is 2.63 bits per heavy atom. The molecule has 0 radical (unpaired) electrons. The van der Waals surface area contributed by atoms with Crippen molar-refractivity contribution < 1.29 is 4.79 Å². The zero-order valence-corrected chi connectivity index (χ0v) is 13.2. The Labute approximate surface area is 124 Å². The van der Waals surface area contributed by atoms with Crippen LogP contribution in [0.1, 0.15) is 12.0 Å². The Balaban J connectivity index is 2.16. The molecular formula is C14H22N2OS2. The van der Waals surface area contributed by atoms with Gasteiger partial charge < -0.3 is 11.1 Å². The van der Waals surface area contributed by atoms with Crippen molar-refractivity contribution in [2.45, 2.75) is 24.3 Å². The molecule has 1 unspecified atom stereocenters. The molecule has 1 amide bonds.